The molecule has 1 N–H and O–H groups in total. The van der Waals surface area contributed by atoms with E-state index in [9.17, 15) is 35.9 Å². The van der Waals surface area contributed by atoms with Gasteiger partial charge in [-0.3, -0.25) is 19.5 Å². The summed E-state index contributed by atoms with van der Waals surface area (Å²) in [5.74, 6) is -5.00. The Morgan fingerprint density at radius 3 is 1.88 bits per heavy atom. The minimum Gasteiger partial charge on any atom is -0.475 e. The summed E-state index contributed by atoms with van der Waals surface area (Å²) in [6.45, 7) is 3.09. The van der Waals surface area contributed by atoms with Gasteiger partial charge >= 0.3 is 18.3 Å². The molecule has 0 bridgehead atoms. The molecule has 180 valence electrons. The van der Waals surface area contributed by atoms with Crippen molar-refractivity contribution in [3.05, 3.63) is 52.0 Å². The van der Waals surface area contributed by atoms with Crippen molar-refractivity contribution >= 4 is 29.0 Å². The van der Waals surface area contributed by atoms with Crippen molar-refractivity contribution in [2.24, 2.45) is 0 Å². The lowest BCUT2D eigenvalue weighted by atomic mass is 10.2. The third-order valence-electron chi connectivity index (χ3n) is 4.36. The molecular weight excluding hydrogens is 480 g/mol. The molecule has 14 heteroatoms. The second kappa shape index (κ2) is 10.7. The van der Waals surface area contributed by atoms with E-state index in [0.717, 1.165) is 18.2 Å². The van der Waals surface area contributed by atoms with Crippen LogP contribution in [0.2, 0.25) is 0 Å². The summed E-state index contributed by atoms with van der Waals surface area (Å²) < 4.78 is 69.2. The van der Waals surface area contributed by atoms with E-state index in [1.807, 2.05) is 12.1 Å². The van der Waals surface area contributed by atoms with Crippen LogP contribution < -0.4 is 0 Å². The minimum absolute atomic E-state index is 0.153. The number of thiophene rings is 1. The van der Waals surface area contributed by atoms with E-state index >= 15 is 0 Å². The number of rotatable bonds is 4. The Hall–Kier alpha value is -3.00. The first-order chi connectivity index (χ1) is 15.3. The first kappa shape index (κ1) is 26.3. The first-order valence-electron chi connectivity index (χ1n) is 9.21. The molecule has 0 unspecified atom stereocenters. The highest BCUT2D eigenvalue weighted by Crippen LogP contribution is 2.27. The molecule has 0 aliphatic carbocycles. The Morgan fingerprint density at radius 1 is 0.879 bits per heavy atom. The summed E-state index contributed by atoms with van der Waals surface area (Å²) in [6.07, 6.45) is -6.55. The van der Waals surface area contributed by atoms with Crippen LogP contribution >= 0.6 is 11.3 Å². The van der Waals surface area contributed by atoms with Crippen molar-refractivity contribution in [2.45, 2.75) is 18.9 Å². The van der Waals surface area contributed by atoms with Crippen molar-refractivity contribution < 1.29 is 45.8 Å². The Morgan fingerprint density at radius 2 is 1.39 bits per heavy atom. The average molecular weight is 497 g/mol. The van der Waals surface area contributed by atoms with E-state index in [1.165, 1.54) is 6.07 Å². The maximum Gasteiger partial charge on any atom is 0.490 e. The standard InChI is InChI=1S/C17H16F3N3O2S.C2HF3O2/c18-17(19,20)15(24)13-1-2-14(26-13)16(25)23-9-7-22(8-10-23)11-12-3-5-21-6-4-12;3-2(4,5)1(6)7/h1-6H,7-11H2;(H,6,7). The fourth-order valence-electron chi connectivity index (χ4n) is 2.73. The van der Waals surface area contributed by atoms with E-state index in [2.05, 4.69) is 9.88 Å². The van der Waals surface area contributed by atoms with Gasteiger partial charge in [-0.1, -0.05) is 0 Å². The van der Waals surface area contributed by atoms with Gasteiger partial charge in [-0.15, -0.1) is 11.3 Å². The van der Waals surface area contributed by atoms with E-state index in [-0.39, 0.29) is 10.8 Å². The van der Waals surface area contributed by atoms with Gasteiger partial charge in [0.15, 0.2) is 0 Å². The highest BCUT2D eigenvalue weighted by Gasteiger charge is 2.40. The number of hydrogen-bond acceptors (Lipinski definition) is 6. The molecule has 0 aromatic carbocycles. The van der Waals surface area contributed by atoms with E-state index in [4.69, 9.17) is 9.90 Å². The van der Waals surface area contributed by atoms with Crippen LogP contribution in [0.15, 0.2) is 36.7 Å². The summed E-state index contributed by atoms with van der Waals surface area (Å²) in [5, 5.41) is 7.12. The van der Waals surface area contributed by atoms with Crippen molar-refractivity contribution in [3.8, 4) is 0 Å². The molecule has 0 atom stereocenters. The van der Waals surface area contributed by atoms with Gasteiger partial charge in [0, 0.05) is 45.1 Å². The Kier molecular flexibility index (Phi) is 8.55. The number of aliphatic carboxylic acids is 1. The number of amides is 1. The van der Waals surface area contributed by atoms with Crippen LogP contribution in [0.25, 0.3) is 0 Å². The zero-order valence-electron chi connectivity index (χ0n) is 16.7. The molecule has 2 aromatic heterocycles. The van der Waals surface area contributed by atoms with Crippen LogP contribution in [0.3, 0.4) is 0 Å². The van der Waals surface area contributed by atoms with Crippen LogP contribution in [0.1, 0.15) is 24.9 Å². The molecule has 0 saturated carbocycles. The number of Topliss-reactive ketones (excluding diaryl/α,β-unsaturated/α-hetero) is 1. The van der Waals surface area contributed by atoms with Gasteiger partial charge in [0.1, 0.15) is 0 Å². The quantitative estimate of drug-likeness (QED) is 0.514. The van der Waals surface area contributed by atoms with Crippen LogP contribution in [0.4, 0.5) is 26.3 Å². The molecule has 3 rings (SSSR count). The Labute approximate surface area is 187 Å². The number of alkyl halides is 6. The summed E-state index contributed by atoms with van der Waals surface area (Å²) in [6, 6.07) is 6.22. The summed E-state index contributed by atoms with van der Waals surface area (Å²) >= 11 is 0.592. The van der Waals surface area contributed by atoms with Crippen molar-refractivity contribution in [3.63, 3.8) is 0 Å². The molecule has 1 aliphatic heterocycles. The number of piperazine rings is 1. The molecule has 7 nitrogen and oxygen atoms in total. The number of aromatic nitrogens is 1. The molecule has 0 radical (unpaired) electrons. The number of carbonyl (C=O) groups is 3. The smallest absolute Gasteiger partial charge is 0.475 e. The number of carboxylic acids is 1. The van der Waals surface area contributed by atoms with Crippen LogP contribution in [-0.4, -0.2) is 76.1 Å². The maximum atomic E-state index is 12.5. The second-order valence-corrected chi connectivity index (χ2v) is 7.80. The van der Waals surface area contributed by atoms with Gasteiger partial charge in [0.05, 0.1) is 9.75 Å². The van der Waals surface area contributed by atoms with Crippen LogP contribution in [-0.2, 0) is 11.3 Å². The summed E-state index contributed by atoms with van der Waals surface area (Å²) in [5.41, 5.74) is 1.13. The maximum absolute atomic E-state index is 12.5. The lowest BCUT2D eigenvalue weighted by Gasteiger charge is -2.34. The third kappa shape index (κ3) is 7.82. The molecule has 33 heavy (non-hydrogen) atoms. The molecule has 1 amide bonds. The lowest BCUT2D eigenvalue weighted by molar-refractivity contribution is -0.192. The van der Waals surface area contributed by atoms with Gasteiger partial charge in [0.25, 0.3) is 11.7 Å². The van der Waals surface area contributed by atoms with Crippen LogP contribution in [0, 0.1) is 0 Å². The SMILES string of the molecule is O=C(O)C(F)(F)F.O=C(c1ccc(C(=O)C(F)(F)F)s1)N1CCN(Cc2ccncc2)CC1. The normalized spacial score (nSPS) is 14.9. The van der Waals surface area contributed by atoms with Crippen molar-refractivity contribution in [2.75, 3.05) is 26.2 Å². The summed E-state index contributed by atoms with van der Waals surface area (Å²) in [4.78, 5) is 40.1. The van der Waals surface area contributed by atoms with E-state index in [0.29, 0.717) is 37.5 Å². The van der Waals surface area contributed by atoms with Gasteiger partial charge in [-0.2, -0.15) is 26.3 Å². The topological polar surface area (TPSA) is 90.8 Å². The average Bonchev–Trinajstić information content (AvgIpc) is 3.23. The molecule has 1 aliphatic rings. The molecule has 1 fully saturated rings. The van der Waals surface area contributed by atoms with Crippen LogP contribution in [0.5, 0.6) is 0 Å². The fourth-order valence-corrected chi connectivity index (χ4v) is 3.66. The summed E-state index contributed by atoms with van der Waals surface area (Å²) in [7, 11) is 0. The monoisotopic (exact) mass is 497 g/mol. The minimum atomic E-state index is -5.08. The zero-order valence-corrected chi connectivity index (χ0v) is 17.5. The predicted molar refractivity (Wildman–Crippen MR) is 104 cm³/mol. The van der Waals surface area contributed by atoms with E-state index in [1.54, 1.807) is 17.3 Å². The second-order valence-electron chi connectivity index (χ2n) is 6.72. The molecule has 1 saturated heterocycles. The lowest BCUT2D eigenvalue weighted by Crippen LogP contribution is -2.48. The number of carbonyl (C=O) groups excluding carboxylic acids is 2. The number of hydrogen-bond donors (Lipinski definition) is 1. The molecule has 2 aromatic rings. The van der Waals surface area contributed by atoms with Gasteiger partial charge < -0.3 is 10.0 Å². The number of ketones is 1. The highest BCUT2D eigenvalue weighted by molar-refractivity contribution is 7.16. The third-order valence-corrected chi connectivity index (χ3v) is 5.43. The Balaban J connectivity index is 0.000000479. The number of carboxylic acid groups (broad SMARTS) is 1. The number of pyridine rings is 1. The van der Waals surface area contributed by atoms with Gasteiger partial charge in [-0.05, 0) is 29.8 Å². The van der Waals surface area contributed by atoms with Gasteiger partial charge in [0.2, 0.25) is 0 Å². The largest absolute Gasteiger partial charge is 0.490 e. The predicted octanol–water partition coefficient (Wildman–Crippen LogP) is 3.48. The van der Waals surface area contributed by atoms with Crippen molar-refractivity contribution in [1.29, 1.82) is 0 Å². The highest BCUT2D eigenvalue weighted by atomic mass is 32.1. The van der Waals surface area contributed by atoms with Crippen molar-refractivity contribution in [1.82, 2.24) is 14.8 Å². The first-order valence-corrected chi connectivity index (χ1v) is 10.0. The fraction of sp³-hybridized carbons (Fsp3) is 0.368. The molecular formula is C19H17F6N3O4S. The number of nitrogens with zero attached hydrogens (tertiary/aromatic N) is 3. The zero-order chi connectivity index (χ0) is 24.8. The number of halogens is 6. The molecule has 3 heterocycles. The Bertz CT molecular complexity index is 970. The van der Waals surface area contributed by atoms with E-state index < -0.39 is 29.0 Å². The molecule has 0 spiro atoms. The van der Waals surface area contributed by atoms with Gasteiger partial charge in [-0.25, -0.2) is 4.79 Å².